The van der Waals surface area contributed by atoms with Gasteiger partial charge in [0.1, 0.15) is 0 Å². The Labute approximate surface area is 137 Å². The van der Waals surface area contributed by atoms with Gasteiger partial charge in [-0.3, -0.25) is 4.79 Å². The van der Waals surface area contributed by atoms with Gasteiger partial charge in [-0.1, -0.05) is 6.92 Å². The van der Waals surface area contributed by atoms with Crippen LogP contribution in [0.15, 0.2) is 29.2 Å². The molecule has 1 heterocycles. The van der Waals surface area contributed by atoms with Crippen LogP contribution in [0, 0.1) is 5.92 Å². The van der Waals surface area contributed by atoms with Crippen LogP contribution in [0.3, 0.4) is 0 Å². The second kappa shape index (κ2) is 7.92. The summed E-state index contributed by atoms with van der Waals surface area (Å²) >= 11 is 0. The van der Waals surface area contributed by atoms with Crippen LogP contribution in [0.2, 0.25) is 0 Å². The van der Waals surface area contributed by atoms with Crippen molar-refractivity contribution >= 4 is 28.3 Å². The van der Waals surface area contributed by atoms with Gasteiger partial charge in [0.05, 0.1) is 4.90 Å². The molecule has 124 valence electrons. The third-order valence-corrected chi connectivity index (χ3v) is 5.25. The Morgan fingerprint density at radius 1 is 1.27 bits per heavy atom. The Hall–Kier alpha value is -1.15. The van der Waals surface area contributed by atoms with Gasteiger partial charge in [0.25, 0.3) is 5.91 Å². The zero-order chi connectivity index (χ0) is 15.5. The van der Waals surface area contributed by atoms with Crippen LogP contribution in [0.4, 0.5) is 0 Å². The summed E-state index contributed by atoms with van der Waals surface area (Å²) in [5.74, 6) is 0.0116. The number of rotatable bonds is 4. The first-order valence-corrected chi connectivity index (χ1v) is 8.47. The predicted molar refractivity (Wildman–Crippen MR) is 87.8 cm³/mol. The van der Waals surface area contributed by atoms with Crippen molar-refractivity contribution in [2.45, 2.75) is 24.3 Å². The van der Waals surface area contributed by atoms with Gasteiger partial charge in [0.2, 0.25) is 10.0 Å². The molecule has 2 unspecified atom stereocenters. The molecule has 1 amide bonds. The molecule has 0 bridgehead atoms. The minimum absolute atomic E-state index is 0. The van der Waals surface area contributed by atoms with Gasteiger partial charge < -0.3 is 10.6 Å². The van der Waals surface area contributed by atoms with Crippen LogP contribution >= 0.6 is 12.4 Å². The third-order valence-electron chi connectivity index (χ3n) is 3.75. The lowest BCUT2D eigenvalue weighted by atomic mass is 9.97. The molecule has 1 aromatic rings. The standard InChI is InChI=1S/C14H21N3O3S.ClH/c1-10-9-16-8-7-13(10)17-21(19,20)12-5-3-11(4-6-12)14(18)15-2;/h3-6,10,13,16-17H,7-9H2,1-2H3,(H,15,18);1H. The Morgan fingerprint density at radius 2 is 1.91 bits per heavy atom. The van der Waals surface area contributed by atoms with Gasteiger partial charge >= 0.3 is 0 Å². The molecule has 2 rings (SSSR count). The molecule has 1 aromatic carbocycles. The SMILES string of the molecule is CNC(=O)c1ccc(S(=O)(=O)NC2CCNCC2C)cc1.Cl. The maximum absolute atomic E-state index is 12.4. The van der Waals surface area contributed by atoms with Crippen LogP contribution in [0.5, 0.6) is 0 Å². The molecule has 0 spiro atoms. The Kier molecular flexibility index (Phi) is 6.80. The van der Waals surface area contributed by atoms with E-state index < -0.39 is 10.0 Å². The van der Waals surface area contributed by atoms with Gasteiger partial charge in [0, 0.05) is 18.7 Å². The van der Waals surface area contributed by atoms with Crippen LogP contribution in [0.1, 0.15) is 23.7 Å². The fraction of sp³-hybridized carbons (Fsp3) is 0.500. The summed E-state index contributed by atoms with van der Waals surface area (Å²) in [6.45, 7) is 3.64. The molecule has 1 saturated heterocycles. The highest BCUT2D eigenvalue weighted by Gasteiger charge is 2.26. The maximum atomic E-state index is 12.4. The van der Waals surface area contributed by atoms with Gasteiger partial charge in [-0.2, -0.15) is 0 Å². The van der Waals surface area contributed by atoms with Crippen LogP contribution in [-0.4, -0.2) is 40.5 Å². The van der Waals surface area contributed by atoms with E-state index in [0.717, 1.165) is 19.5 Å². The van der Waals surface area contributed by atoms with E-state index in [4.69, 9.17) is 0 Å². The fourth-order valence-corrected chi connectivity index (χ4v) is 3.77. The van der Waals surface area contributed by atoms with Crippen molar-refractivity contribution in [3.8, 4) is 0 Å². The van der Waals surface area contributed by atoms with E-state index in [-0.39, 0.29) is 35.2 Å². The van der Waals surface area contributed by atoms with Crippen LogP contribution in [0.25, 0.3) is 0 Å². The fourth-order valence-electron chi connectivity index (χ4n) is 2.39. The Bertz CT molecular complexity index is 604. The average Bonchev–Trinajstić information content (AvgIpc) is 2.49. The minimum atomic E-state index is -3.55. The topological polar surface area (TPSA) is 87.3 Å². The first-order valence-electron chi connectivity index (χ1n) is 6.99. The summed E-state index contributed by atoms with van der Waals surface area (Å²) in [7, 11) is -2.02. The van der Waals surface area contributed by atoms with Gasteiger partial charge in [0.15, 0.2) is 0 Å². The highest BCUT2D eigenvalue weighted by Crippen LogP contribution is 2.16. The minimum Gasteiger partial charge on any atom is -0.355 e. The van der Waals surface area contributed by atoms with Crippen molar-refractivity contribution in [3.63, 3.8) is 0 Å². The number of halogens is 1. The molecule has 8 heteroatoms. The molecule has 1 fully saturated rings. The number of hydrogen-bond donors (Lipinski definition) is 3. The molecule has 1 aliphatic heterocycles. The second-order valence-corrected chi connectivity index (χ2v) is 7.02. The molecule has 6 nitrogen and oxygen atoms in total. The molecule has 3 N–H and O–H groups in total. The number of hydrogen-bond acceptors (Lipinski definition) is 4. The monoisotopic (exact) mass is 347 g/mol. The second-order valence-electron chi connectivity index (χ2n) is 5.30. The van der Waals surface area contributed by atoms with E-state index in [1.54, 1.807) is 0 Å². The Balaban J connectivity index is 0.00000242. The molecule has 22 heavy (non-hydrogen) atoms. The van der Waals surface area contributed by atoms with Crippen molar-refractivity contribution in [2.75, 3.05) is 20.1 Å². The highest BCUT2D eigenvalue weighted by molar-refractivity contribution is 7.89. The number of nitrogens with one attached hydrogen (secondary N) is 3. The number of benzene rings is 1. The number of sulfonamides is 1. The zero-order valence-corrected chi connectivity index (χ0v) is 14.3. The number of amides is 1. The van der Waals surface area contributed by atoms with E-state index in [2.05, 4.69) is 15.4 Å². The summed E-state index contributed by atoms with van der Waals surface area (Å²) in [5, 5.41) is 5.74. The lowest BCUT2D eigenvalue weighted by molar-refractivity contribution is 0.0963. The van der Waals surface area contributed by atoms with Gasteiger partial charge in [-0.05, 0) is 49.7 Å². The van der Waals surface area contributed by atoms with E-state index in [9.17, 15) is 13.2 Å². The lowest BCUT2D eigenvalue weighted by Gasteiger charge is -2.29. The van der Waals surface area contributed by atoms with Crippen molar-refractivity contribution < 1.29 is 13.2 Å². The van der Waals surface area contributed by atoms with Gasteiger partial charge in [-0.15, -0.1) is 12.4 Å². The van der Waals surface area contributed by atoms with E-state index >= 15 is 0 Å². The molecule has 0 radical (unpaired) electrons. The van der Waals surface area contributed by atoms with Crippen LogP contribution in [-0.2, 0) is 10.0 Å². The first-order chi connectivity index (χ1) is 9.94. The molecular formula is C14H22ClN3O3S. The largest absolute Gasteiger partial charge is 0.355 e. The lowest BCUT2D eigenvalue weighted by Crippen LogP contribution is -2.48. The molecular weight excluding hydrogens is 326 g/mol. The van der Waals surface area contributed by atoms with Crippen molar-refractivity contribution in [1.29, 1.82) is 0 Å². The Morgan fingerprint density at radius 3 is 2.45 bits per heavy atom. The molecule has 0 saturated carbocycles. The summed E-state index contributed by atoms with van der Waals surface area (Å²) < 4.78 is 27.5. The van der Waals surface area contributed by atoms with Crippen molar-refractivity contribution in [3.05, 3.63) is 29.8 Å². The molecule has 0 aliphatic carbocycles. The third kappa shape index (κ3) is 4.42. The zero-order valence-electron chi connectivity index (χ0n) is 12.6. The predicted octanol–water partition coefficient (Wildman–Crippen LogP) is 0.744. The number of piperidine rings is 1. The first kappa shape index (κ1) is 18.9. The molecule has 1 aliphatic rings. The van der Waals surface area contributed by atoms with E-state index in [1.807, 2.05) is 6.92 Å². The summed E-state index contributed by atoms with van der Waals surface area (Å²) in [6.07, 6.45) is 0.775. The van der Waals surface area contributed by atoms with Gasteiger partial charge in [-0.25, -0.2) is 13.1 Å². The maximum Gasteiger partial charge on any atom is 0.251 e. The quantitative estimate of drug-likeness (QED) is 0.750. The summed E-state index contributed by atoms with van der Waals surface area (Å²) in [6, 6.07) is 5.88. The van der Waals surface area contributed by atoms with E-state index in [0.29, 0.717) is 5.56 Å². The van der Waals surface area contributed by atoms with Crippen molar-refractivity contribution in [1.82, 2.24) is 15.4 Å². The van der Waals surface area contributed by atoms with Crippen LogP contribution < -0.4 is 15.4 Å². The average molecular weight is 348 g/mol. The summed E-state index contributed by atoms with van der Waals surface area (Å²) in [4.78, 5) is 11.6. The highest BCUT2D eigenvalue weighted by atomic mass is 35.5. The molecule has 2 atom stereocenters. The summed E-state index contributed by atoms with van der Waals surface area (Å²) in [5.41, 5.74) is 0.437. The number of carbonyl (C=O) groups excluding carboxylic acids is 1. The molecule has 0 aromatic heterocycles. The smallest absolute Gasteiger partial charge is 0.251 e. The normalized spacial score (nSPS) is 21.7. The number of carbonyl (C=O) groups is 1. The van der Waals surface area contributed by atoms with Crippen molar-refractivity contribution in [2.24, 2.45) is 5.92 Å². The van der Waals surface area contributed by atoms with E-state index in [1.165, 1.54) is 31.3 Å².